The minimum Gasteiger partial charge on any atom is -0.497 e. The largest absolute Gasteiger partial charge is 0.497 e. The number of pyridine rings is 1. The van der Waals surface area contributed by atoms with E-state index in [9.17, 15) is 4.79 Å². The summed E-state index contributed by atoms with van der Waals surface area (Å²) in [5, 5.41) is 2.90. The first-order chi connectivity index (χ1) is 14.2. The molecule has 0 unspecified atom stereocenters. The van der Waals surface area contributed by atoms with Crippen LogP contribution in [0.2, 0.25) is 0 Å². The highest BCUT2D eigenvalue weighted by atomic mass is 16.7. The maximum atomic E-state index is 12.6. The van der Waals surface area contributed by atoms with Crippen molar-refractivity contribution < 1.29 is 23.7 Å². The Labute approximate surface area is 175 Å². The van der Waals surface area contributed by atoms with Crippen molar-refractivity contribution in [1.82, 2.24) is 10.3 Å². The van der Waals surface area contributed by atoms with E-state index in [1.54, 1.807) is 32.5 Å². The summed E-state index contributed by atoms with van der Waals surface area (Å²) in [5.74, 6) is 2.51. The SMILES string of the molecule is C.COc1cc(CNC(=O)c2cncc(-c3ccc4c(c3)OCO4)c2)cc(OC)c1. The number of ether oxygens (including phenoxy) is 4. The van der Waals surface area contributed by atoms with Crippen molar-refractivity contribution in [2.45, 2.75) is 14.0 Å². The molecule has 1 aliphatic heterocycles. The number of carbonyl (C=O) groups is 1. The zero-order valence-electron chi connectivity index (χ0n) is 16.1. The number of methoxy groups -OCH3 is 2. The van der Waals surface area contributed by atoms with Crippen molar-refractivity contribution in [2.75, 3.05) is 21.0 Å². The molecule has 2 heterocycles. The molecule has 0 saturated heterocycles. The second-order valence-electron chi connectivity index (χ2n) is 6.43. The van der Waals surface area contributed by atoms with E-state index in [4.69, 9.17) is 18.9 Å². The molecule has 156 valence electrons. The fourth-order valence-corrected chi connectivity index (χ4v) is 3.05. The van der Waals surface area contributed by atoms with Crippen molar-refractivity contribution in [3.8, 4) is 34.1 Å². The molecule has 0 spiro atoms. The van der Waals surface area contributed by atoms with Crippen LogP contribution in [0.1, 0.15) is 23.3 Å². The summed E-state index contributed by atoms with van der Waals surface area (Å²) in [6.07, 6.45) is 3.25. The third-order valence-corrected chi connectivity index (χ3v) is 4.57. The third-order valence-electron chi connectivity index (χ3n) is 4.57. The van der Waals surface area contributed by atoms with Crippen LogP contribution in [0, 0.1) is 0 Å². The predicted molar refractivity (Wildman–Crippen MR) is 113 cm³/mol. The number of rotatable bonds is 6. The number of hydrogen-bond acceptors (Lipinski definition) is 6. The van der Waals surface area contributed by atoms with Gasteiger partial charge in [0.15, 0.2) is 11.5 Å². The monoisotopic (exact) mass is 408 g/mol. The lowest BCUT2D eigenvalue weighted by atomic mass is 10.1. The fourth-order valence-electron chi connectivity index (χ4n) is 3.05. The van der Waals surface area contributed by atoms with Gasteiger partial charge in [-0.1, -0.05) is 13.5 Å². The minimum absolute atomic E-state index is 0. The number of carbonyl (C=O) groups excluding carboxylic acids is 1. The minimum atomic E-state index is -0.220. The lowest BCUT2D eigenvalue weighted by molar-refractivity contribution is 0.0950. The second-order valence-corrected chi connectivity index (χ2v) is 6.43. The van der Waals surface area contributed by atoms with Crippen LogP contribution in [0.15, 0.2) is 54.9 Å². The summed E-state index contributed by atoms with van der Waals surface area (Å²) >= 11 is 0. The van der Waals surface area contributed by atoms with Gasteiger partial charge in [-0.2, -0.15) is 0 Å². The molecular weight excluding hydrogens is 384 g/mol. The Hall–Kier alpha value is -3.74. The van der Waals surface area contributed by atoms with E-state index < -0.39 is 0 Å². The van der Waals surface area contributed by atoms with Crippen LogP contribution in [0.4, 0.5) is 0 Å². The molecule has 4 rings (SSSR count). The molecular formula is C23H24N2O5. The number of benzene rings is 2. The Balaban J connectivity index is 0.00000256. The van der Waals surface area contributed by atoms with E-state index in [0.717, 1.165) is 16.7 Å². The van der Waals surface area contributed by atoms with E-state index >= 15 is 0 Å². The molecule has 7 heteroatoms. The van der Waals surface area contributed by atoms with E-state index in [1.807, 2.05) is 30.3 Å². The van der Waals surface area contributed by atoms with Crippen LogP contribution in [0.3, 0.4) is 0 Å². The van der Waals surface area contributed by atoms with Crippen molar-refractivity contribution in [3.63, 3.8) is 0 Å². The highest BCUT2D eigenvalue weighted by Crippen LogP contribution is 2.35. The number of nitrogens with one attached hydrogen (secondary N) is 1. The van der Waals surface area contributed by atoms with Gasteiger partial charge in [-0.15, -0.1) is 0 Å². The topological polar surface area (TPSA) is 78.9 Å². The Bertz CT molecular complexity index is 1030. The normalized spacial score (nSPS) is 11.4. The van der Waals surface area contributed by atoms with Crippen LogP contribution in [-0.2, 0) is 6.54 Å². The standard InChI is InChI=1S/C22H20N2O5.CH4/c1-26-18-5-14(6-19(9-18)27-2)10-24-22(25)17-7-16(11-23-12-17)15-3-4-20-21(8-15)29-13-28-20;/h3-9,11-12H,10,13H2,1-2H3,(H,24,25);1H4. The molecule has 3 aromatic rings. The van der Waals surface area contributed by atoms with Gasteiger partial charge in [0.2, 0.25) is 6.79 Å². The summed E-state index contributed by atoms with van der Waals surface area (Å²) in [5.41, 5.74) is 3.05. The van der Waals surface area contributed by atoms with Crippen LogP contribution in [-0.4, -0.2) is 31.9 Å². The van der Waals surface area contributed by atoms with E-state index in [1.165, 1.54) is 6.20 Å². The van der Waals surface area contributed by atoms with Gasteiger partial charge >= 0.3 is 0 Å². The first-order valence-corrected chi connectivity index (χ1v) is 9.01. The Morgan fingerprint density at radius 2 is 1.70 bits per heavy atom. The molecule has 30 heavy (non-hydrogen) atoms. The van der Waals surface area contributed by atoms with Gasteiger partial charge in [-0.25, -0.2) is 0 Å². The molecule has 7 nitrogen and oxygen atoms in total. The zero-order chi connectivity index (χ0) is 20.2. The van der Waals surface area contributed by atoms with Gasteiger partial charge in [0.25, 0.3) is 5.91 Å². The molecule has 0 atom stereocenters. The first-order valence-electron chi connectivity index (χ1n) is 9.01. The van der Waals surface area contributed by atoms with Gasteiger partial charge in [-0.3, -0.25) is 9.78 Å². The smallest absolute Gasteiger partial charge is 0.253 e. The molecule has 1 N–H and O–H groups in total. The molecule has 1 aromatic heterocycles. The molecule has 1 aliphatic rings. The maximum absolute atomic E-state index is 12.6. The molecule has 0 fully saturated rings. The molecule has 0 aliphatic carbocycles. The van der Waals surface area contributed by atoms with Gasteiger partial charge in [-0.05, 0) is 41.5 Å². The third kappa shape index (κ3) is 4.46. The maximum Gasteiger partial charge on any atom is 0.253 e. The highest BCUT2D eigenvalue weighted by Gasteiger charge is 2.15. The summed E-state index contributed by atoms with van der Waals surface area (Å²) in [6.45, 7) is 0.551. The Morgan fingerprint density at radius 1 is 0.967 bits per heavy atom. The quantitative estimate of drug-likeness (QED) is 0.663. The number of nitrogens with zero attached hydrogens (tertiary/aromatic N) is 1. The van der Waals surface area contributed by atoms with Crippen molar-refractivity contribution in [1.29, 1.82) is 0 Å². The van der Waals surface area contributed by atoms with Gasteiger partial charge in [0.05, 0.1) is 19.8 Å². The number of fused-ring (bicyclic) bond motifs is 1. The zero-order valence-corrected chi connectivity index (χ0v) is 16.1. The highest BCUT2D eigenvalue weighted by molar-refractivity contribution is 5.95. The molecule has 1 amide bonds. The van der Waals surface area contributed by atoms with Crippen LogP contribution in [0.25, 0.3) is 11.1 Å². The summed E-state index contributed by atoms with van der Waals surface area (Å²) in [6, 6.07) is 12.9. The lowest BCUT2D eigenvalue weighted by Gasteiger charge is -2.10. The average Bonchev–Trinajstić information content (AvgIpc) is 3.25. The van der Waals surface area contributed by atoms with Crippen LogP contribution in [0.5, 0.6) is 23.0 Å². The van der Waals surface area contributed by atoms with Crippen molar-refractivity contribution in [3.05, 3.63) is 66.0 Å². The summed E-state index contributed by atoms with van der Waals surface area (Å²) in [4.78, 5) is 16.9. The number of amides is 1. The molecule has 0 saturated carbocycles. The van der Waals surface area contributed by atoms with Gasteiger partial charge < -0.3 is 24.3 Å². The van der Waals surface area contributed by atoms with E-state index in [2.05, 4.69) is 10.3 Å². The number of aromatic nitrogens is 1. The van der Waals surface area contributed by atoms with Gasteiger partial charge in [0, 0.05) is 30.6 Å². The molecule has 0 radical (unpaired) electrons. The summed E-state index contributed by atoms with van der Waals surface area (Å²) < 4.78 is 21.3. The first kappa shape index (κ1) is 21.0. The fraction of sp³-hybridized carbons (Fsp3) is 0.217. The lowest BCUT2D eigenvalue weighted by Crippen LogP contribution is -2.23. The average molecular weight is 408 g/mol. The summed E-state index contributed by atoms with van der Waals surface area (Å²) in [7, 11) is 3.18. The Kier molecular flexibility index (Phi) is 6.41. The van der Waals surface area contributed by atoms with Gasteiger partial charge in [0.1, 0.15) is 11.5 Å². The van der Waals surface area contributed by atoms with E-state index in [-0.39, 0.29) is 20.1 Å². The molecule has 2 aromatic carbocycles. The van der Waals surface area contributed by atoms with Crippen LogP contribution < -0.4 is 24.3 Å². The second kappa shape index (κ2) is 9.17. The Morgan fingerprint density at radius 3 is 2.43 bits per heavy atom. The van der Waals surface area contributed by atoms with Crippen LogP contribution >= 0.6 is 0 Å². The van der Waals surface area contributed by atoms with Crippen molar-refractivity contribution in [2.24, 2.45) is 0 Å². The van der Waals surface area contributed by atoms with Crippen molar-refractivity contribution >= 4 is 5.91 Å². The van der Waals surface area contributed by atoms with E-state index in [0.29, 0.717) is 35.1 Å². The predicted octanol–water partition coefficient (Wildman–Crippen LogP) is 4.06. The molecule has 0 bridgehead atoms. The number of hydrogen-bond donors (Lipinski definition) is 1.